The summed E-state index contributed by atoms with van der Waals surface area (Å²) >= 11 is 0. The molecule has 0 fully saturated rings. The van der Waals surface area contributed by atoms with Crippen LogP contribution in [0.1, 0.15) is 31.1 Å². The van der Waals surface area contributed by atoms with Gasteiger partial charge in [-0.15, -0.1) is 0 Å². The molecule has 132 valence electrons. The summed E-state index contributed by atoms with van der Waals surface area (Å²) in [4.78, 5) is 24.0. The van der Waals surface area contributed by atoms with Crippen molar-refractivity contribution < 1.29 is 14.3 Å². The van der Waals surface area contributed by atoms with E-state index in [9.17, 15) is 9.59 Å². The topological polar surface area (TPSA) is 67.4 Å². The number of hydrogen-bond donors (Lipinski definition) is 2. The van der Waals surface area contributed by atoms with Crippen LogP contribution in [-0.4, -0.2) is 30.7 Å². The molecule has 0 saturated heterocycles. The molecule has 2 rings (SSSR count). The lowest BCUT2D eigenvalue weighted by molar-refractivity contribution is 0.0526. The van der Waals surface area contributed by atoms with Gasteiger partial charge in [-0.1, -0.05) is 48.5 Å². The van der Waals surface area contributed by atoms with Gasteiger partial charge >= 0.3 is 6.09 Å². The van der Waals surface area contributed by atoms with E-state index in [1.807, 2.05) is 48.5 Å². The molecule has 0 heterocycles. The van der Waals surface area contributed by atoms with Gasteiger partial charge in [-0.2, -0.15) is 0 Å². The summed E-state index contributed by atoms with van der Waals surface area (Å²) in [5.41, 5.74) is 1.92. The minimum Gasteiger partial charge on any atom is -0.444 e. The van der Waals surface area contributed by atoms with Gasteiger partial charge in [-0.05, 0) is 38.0 Å². The molecule has 0 aliphatic carbocycles. The third kappa shape index (κ3) is 5.95. The Labute approximate surface area is 148 Å². The van der Waals surface area contributed by atoms with E-state index in [0.717, 1.165) is 11.1 Å². The number of carbonyl (C=O) groups excluding carboxylic acids is 2. The van der Waals surface area contributed by atoms with Crippen molar-refractivity contribution in [2.45, 2.75) is 26.4 Å². The van der Waals surface area contributed by atoms with Crippen LogP contribution in [0.25, 0.3) is 11.1 Å². The van der Waals surface area contributed by atoms with Gasteiger partial charge < -0.3 is 15.4 Å². The first-order chi connectivity index (χ1) is 11.9. The summed E-state index contributed by atoms with van der Waals surface area (Å²) in [7, 11) is 0. The van der Waals surface area contributed by atoms with Crippen molar-refractivity contribution >= 4 is 12.0 Å². The normalized spacial score (nSPS) is 10.8. The molecule has 0 aliphatic heterocycles. The number of amides is 2. The van der Waals surface area contributed by atoms with Gasteiger partial charge in [-0.25, -0.2) is 4.79 Å². The molecule has 5 heteroatoms. The summed E-state index contributed by atoms with van der Waals surface area (Å²) in [6, 6.07) is 17.2. The average Bonchev–Trinajstić information content (AvgIpc) is 2.58. The fourth-order valence-electron chi connectivity index (χ4n) is 2.30. The molecule has 2 amide bonds. The Kier molecular flexibility index (Phi) is 6.17. The summed E-state index contributed by atoms with van der Waals surface area (Å²) in [5.74, 6) is -0.176. The van der Waals surface area contributed by atoms with Crippen molar-refractivity contribution in [3.63, 3.8) is 0 Å². The molecule has 0 aromatic heterocycles. The lowest BCUT2D eigenvalue weighted by Crippen LogP contribution is -2.37. The van der Waals surface area contributed by atoms with E-state index in [2.05, 4.69) is 10.6 Å². The van der Waals surface area contributed by atoms with Crippen LogP contribution in [-0.2, 0) is 4.74 Å². The molecule has 5 nitrogen and oxygen atoms in total. The van der Waals surface area contributed by atoms with Crippen LogP contribution in [0.3, 0.4) is 0 Å². The summed E-state index contributed by atoms with van der Waals surface area (Å²) in [6.45, 7) is 6.02. The van der Waals surface area contributed by atoms with Gasteiger partial charge in [-0.3, -0.25) is 4.79 Å². The van der Waals surface area contributed by atoms with Gasteiger partial charge in [0.25, 0.3) is 5.91 Å². The standard InChI is InChI=1S/C20H24N2O3/c1-20(2,3)25-19(24)22-14-13-21-18(23)17-12-8-7-11-16(17)15-9-5-4-6-10-15/h4-12H,13-14H2,1-3H3,(H,21,23)(H,22,24). The van der Waals surface area contributed by atoms with E-state index >= 15 is 0 Å². The van der Waals surface area contributed by atoms with Gasteiger partial charge in [0.05, 0.1) is 0 Å². The zero-order chi connectivity index (χ0) is 18.3. The van der Waals surface area contributed by atoms with E-state index < -0.39 is 11.7 Å². The molecule has 0 unspecified atom stereocenters. The summed E-state index contributed by atoms with van der Waals surface area (Å²) < 4.78 is 5.14. The molecule has 0 saturated carbocycles. The molecule has 0 radical (unpaired) electrons. The van der Waals surface area contributed by atoms with E-state index in [1.54, 1.807) is 26.8 Å². The molecule has 0 aliphatic rings. The van der Waals surface area contributed by atoms with Crippen LogP contribution in [0.15, 0.2) is 54.6 Å². The smallest absolute Gasteiger partial charge is 0.407 e. The number of hydrogen-bond acceptors (Lipinski definition) is 3. The molecule has 2 aromatic rings. The van der Waals surface area contributed by atoms with E-state index in [1.165, 1.54) is 0 Å². The van der Waals surface area contributed by atoms with Crippen LogP contribution in [0.5, 0.6) is 0 Å². The van der Waals surface area contributed by atoms with Crippen molar-refractivity contribution in [3.8, 4) is 11.1 Å². The largest absolute Gasteiger partial charge is 0.444 e. The van der Waals surface area contributed by atoms with Crippen molar-refractivity contribution in [2.24, 2.45) is 0 Å². The second kappa shape index (κ2) is 8.33. The third-order valence-corrected chi connectivity index (χ3v) is 3.34. The quantitative estimate of drug-likeness (QED) is 0.817. The van der Waals surface area contributed by atoms with Crippen LogP contribution >= 0.6 is 0 Å². The third-order valence-electron chi connectivity index (χ3n) is 3.34. The average molecular weight is 340 g/mol. The molecule has 2 N–H and O–H groups in total. The van der Waals surface area contributed by atoms with Gasteiger partial charge in [0.15, 0.2) is 0 Å². The monoisotopic (exact) mass is 340 g/mol. The Bertz CT molecular complexity index is 721. The predicted octanol–water partition coefficient (Wildman–Crippen LogP) is 3.61. The first kappa shape index (κ1) is 18.5. The van der Waals surface area contributed by atoms with E-state index in [4.69, 9.17) is 4.74 Å². The van der Waals surface area contributed by atoms with Crippen molar-refractivity contribution in [2.75, 3.05) is 13.1 Å². The first-order valence-corrected chi connectivity index (χ1v) is 8.26. The molecular weight excluding hydrogens is 316 g/mol. The van der Waals surface area contributed by atoms with Gasteiger partial charge in [0.2, 0.25) is 0 Å². The van der Waals surface area contributed by atoms with Crippen molar-refractivity contribution in [1.29, 1.82) is 0 Å². The Morgan fingerprint density at radius 1 is 0.880 bits per heavy atom. The van der Waals surface area contributed by atoms with Gasteiger partial charge in [0, 0.05) is 18.7 Å². The minimum atomic E-state index is -0.540. The molecule has 0 bridgehead atoms. The SMILES string of the molecule is CC(C)(C)OC(=O)NCCNC(=O)c1ccccc1-c1ccccc1. The maximum atomic E-state index is 12.5. The lowest BCUT2D eigenvalue weighted by atomic mass is 9.99. The lowest BCUT2D eigenvalue weighted by Gasteiger charge is -2.19. The van der Waals surface area contributed by atoms with E-state index in [-0.39, 0.29) is 5.91 Å². The molecular formula is C20H24N2O3. The second-order valence-corrected chi connectivity index (χ2v) is 6.60. The first-order valence-electron chi connectivity index (χ1n) is 8.26. The Hall–Kier alpha value is -2.82. The molecule has 0 atom stereocenters. The summed E-state index contributed by atoms with van der Waals surface area (Å²) in [6.07, 6.45) is -0.494. The number of nitrogens with one attached hydrogen (secondary N) is 2. The highest BCUT2D eigenvalue weighted by Gasteiger charge is 2.16. The van der Waals surface area contributed by atoms with Crippen LogP contribution in [0.2, 0.25) is 0 Å². The number of rotatable bonds is 5. The zero-order valence-electron chi connectivity index (χ0n) is 14.8. The predicted molar refractivity (Wildman–Crippen MR) is 98.4 cm³/mol. The molecule has 2 aromatic carbocycles. The highest BCUT2D eigenvalue weighted by atomic mass is 16.6. The van der Waals surface area contributed by atoms with Crippen LogP contribution in [0, 0.1) is 0 Å². The Morgan fingerprint density at radius 2 is 1.48 bits per heavy atom. The molecule has 25 heavy (non-hydrogen) atoms. The number of benzene rings is 2. The second-order valence-electron chi connectivity index (χ2n) is 6.60. The van der Waals surface area contributed by atoms with E-state index in [0.29, 0.717) is 18.7 Å². The molecule has 0 spiro atoms. The fourth-order valence-corrected chi connectivity index (χ4v) is 2.30. The highest BCUT2D eigenvalue weighted by Crippen LogP contribution is 2.23. The Balaban J connectivity index is 1.91. The summed E-state index contributed by atoms with van der Waals surface area (Å²) in [5, 5.41) is 5.43. The minimum absolute atomic E-state index is 0.176. The maximum Gasteiger partial charge on any atom is 0.407 e. The van der Waals surface area contributed by atoms with Crippen molar-refractivity contribution in [1.82, 2.24) is 10.6 Å². The zero-order valence-corrected chi connectivity index (χ0v) is 14.8. The van der Waals surface area contributed by atoms with Crippen LogP contribution in [0.4, 0.5) is 4.79 Å². The number of carbonyl (C=O) groups is 2. The number of alkyl carbamates (subject to hydrolysis) is 1. The Morgan fingerprint density at radius 3 is 2.16 bits per heavy atom. The highest BCUT2D eigenvalue weighted by molar-refractivity contribution is 6.00. The van der Waals surface area contributed by atoms with Crippen LogP contribution < -0.4 is 10.6 Å². The van der Waals surface area contributed by atoms with Crippen molar-refractivity contribution in [3.05, 3.63) is 60.2 Å². The fraction of sp³-hybridized carbons (Fsp3) is 0.300. The number of ether oxygens (including phenoxy) is 1. The maximum absolute atomic E-state index is 12.5. The van der Waals surface area contributed by atoms with Gasteiger partial charge in [0.1, 0.15) is 5.60 Å².